The topological polar surface area (TPSA) is 60.8 Å². The average molecular weight is 399 g/mol. The van der Waals surface area contributed by atoms with E-state index >= 15 is 0 Å². The number of carbonyl (C=O) groups is 1. The van der Waals surface area contributed by atoms with Crippen LogP contribution in [0.5, 0.6) is 0 Å². The number of halogens is 1. The van der Waals surface area contributed by atoms with Gasteiger partial charge >= 0.3 is 5.97 Å². The maximum atomic E-state index is 12.3. The number of esters is 1. The van der Waals surface area contributed by atoms with E-state index in [1.165, 1.54) is 11.3 Å². The van der Waals surface area contributed by atoms with Crippen LogP contribution in [0.25, 0.3) is 10.6 Å². The highest BCUT2D eigenvalue weighted by Gasteiger charge is 2.30. The predicted molar refractivity (Wildman–Crippen MR) is 105 cm³/mol. The van der Waals surface area contributed by atoms with Gasteiger partial charge in [-0.15, -0.1) is 11.3 Å². The summed E-state index contributed by atoms with van der Waals surface area (Å²) < 4.78 is 5.35. The number of ether oxygens (including phenoxy) is 1. The number of oxime groups is 1. The van der Waals surface area contributed by atoms with Crippen LogP contribution in [0.1, 0.15) is 17.7 Å². The molecule has 136 valence electrons. The van der Waals surface area contributed by atoms with Gasteiger partial charge < -0.3 is 9.57 Å². The molecular formula is C20H15ClN2O3S. The van der Waals surface area contributed by atoms with Gasteiger partial charge in [0.2, 0.25) is 6.10 Å². The van der Waals surface area contributed by atoms with E-state index in [4.69, 9.17) is 21.2 Å². The van der Waals surface area contributed by atoms with Gasteiger partial charge in [0.1, 0.15) is 11.6 Å². The third-order valence-electron chi connectivity index (χ3n) is 4.06. The van der Waals surface area contributed by atoms with Crippen LogP contribution in [0, 0.1) is 0 Å². The van der Waals surface area contributed by atoms with Gasteiger partial charge in [-0.2, -0.15) is 0 Å². The van der Waals surface area contributed by atoms with Crippen LogP contribution in [0.15, 0.2) is 65.1 Å². The fourth-order valence-electron chi connectivity index (χ4n) is 2.67. The average Bonchev–Trinajstić information content (AvgIpc) is 3.37. The van der Waals surface area contributed by atoms with Crippen LogP contribution in [0.4, 0.5) is 0 Å². The van der Waals surface area contributed by atoms with Gasteiger partial charge in [0.25, 0.3) is 0 Å². The second-order valence-electron chi connectivity index (χ2n) is 5.93. The van der Waals surface area contributed by atoms with E-state index in [0.29, 0.717) is 17.1 Å². The Balaban J connectivity index is 1.34. The van der Waals surface area contributed by atoms with Crippen LogP contribution in [0.2, 0.25) is 5.02 Å². The van der Waals surface area contributed by atoms with E-state index in [-0.39, 0.29) is 6.61 Å². The van der Waals surface area contributed by atoms with E-state index in [2.05, 4.69) is 10.1 Å². The molecule has 0 fully saturated rings. The van der Waals surface area contributed by atoms with E-state index < -0.39 is 12.1 Å². The SMILES string of the molecule is O=C(OCc1csc(-c2ccccc2Cl)n1)[C@@H]1CC(c2ccccc2)=NO1. The lowest BCUT2D eigenvalue weighted by Crippen LogP contribution is -2.23. The quantitative estimate of drug-likeness (QED) is 0.584. The van der Waals surface area contributed by atoms with Crippen molar-refractivity contribution in [3.63, 3.8) is 0 Å². The molecule has 3 aromatic rings. The summed E-state index contributed by atoms with van der Waals surface area (Å²) in [7, 11) is 0. The Kier molecular flexibility index (Phi) is 5.18. The van der Waals surface area contributed by atoms with Crippen molar-refractivity contribution in [3.8, 4) is 10.6 Å². The summed E-state index contributed by atoms with van der Waals surface area (Å²) in [5, 5.41) is 7.29. The first-order valence-corrected chi connectivity index (χ1v) is 9.60. The van der Waals surface area contributed by atoms with Crippen molar-refractivity contribution in [1.82, 2.24) is 4.98 Å². The standard InChI is InChI=1S/C20H15ClN2O3S/c21-16-9-5-4-8-15(16)19-22-14(12-27-19)11-25-20(24)18-10-17(23-26-18)13-6-2-1-3-7-13/h1-9,12,18H,10-11H2/t18-/m0/s1. The number of hydrogen-bond donors (Lipinski definition) is 0. The third-order valence-corrected chi connectivity index (χ3v) is 5.31. The molecule has 2 aromatic carbocycles. The Labute approximate surface area is 165 Å². The summed E-state index contributed by atoms with van der Waals surface area (Å²) in [6.45, 7) is 0.0836. The summed E-state index contributed by atoms with van der Waals surface area (Å²) in [6.07, 6.45) is -0.327. The van der Waals surface area contributed by atoms with Crippen molar-refractivity contribution in [2.45, 2.75) is 19.1 Å². The van der Waals surface area contributed by atoms with Crippen molar-refractivity contribution in [2.75, 3.05) is 0 Å². The molecule has 1 aliphatic heterocycles. The molecule has 0 saturated carbocycles. The molecule has 0 radical (unpaired) electrons. The van der Waals surface area contributed by atoms with Crippen LogP contribution < -0.4 is 0 Å². The summed E-state index contributed by atoms with van der Waals surface area (Å²) in [4.78, 5) is 22.0. The molecule has 1 aliphatic rings. The number of carbonyl (C=O) groups excluding carboxylic acids is 1. The molecule has 0 unspecified atom stereocenters. The van der Waals surface area contributed by atoms with Crippen molar-refractivity contribution >= 4 is 34.6 Å². The largest absolute Gasteiger partial charge is 0.456 e. The molecule has 0 N–H and O–H groups in total. The third kappa shape index (κ3) is 4.02. The van der Waals surface area contributed by atoms with Gasteiger partial charge in [-0.3, -0.25) is 0 Å². The van der Waals surface area contributed by atoms with E-state index in [1.807, 2.05) is 60.0 Å². The van der Waals surface area contributed by atoms with Gasteiger partial charge in [0, 0.05) is 17.4 Å². The molecule has 0 amide bonds. The number of aromatic nitrogens is 1. The van der Waals surface area contributed by atoms with Gasteiger partial charge in [-0.05, 0) is 11.6 Å². The monoisotopic (exact) mass is 398 g/mol. The molecular weight excluding hydrogens is 384 g/mol. The number of benzene rings is 2. The number of rotatable bonds is 5. The fraction of sp³-hybridized carbons (Fsp3) is 0.150. The zero-order chi connectivity index (χ0) is 18.6. The second-order valence-corrected chi connectivity index (χ2v) is 7.20. The number of nitrogens with zero attached hydrogens (tertiary/aromatic N) is 2. The minimum atomic E-state index is -0.720. The molecule has 1 aromatic heterocycles. The summed E-state index contributed by atoms with van der Waals surface area (Å²) in [5.74, 6) is -0.447. The van der Waals surface area contributed by atoms with Gasteiger partial charge in [0.15, 0.2) is 0 Å². The highest BCUT2D eigenvalue weighted by molar-refractivity contribution is 7.13. The zero-order valence-corrected chi connectivity index (χ0v) is 15.7. The lowest BCUT2D eigenvalue weighted by molar-refractivity contribution is -0.156. The first-order chi connectivity index (χ1) is 13.2. The minimum absolute atomic E-state index is 0.0836. The minimum Gasteiger partial charge on any atom is -0.456 e. The molecule has 1 atom stereocenters. The van der Waals surface area contributed by atoms with Crippen LogP contribution in [-0.2, 0) is 21.0 Å². The van der Waals surface area contributed by atoms with Crippen molar-refractivity contribution in [1.29, 1.82) is 0 Å². The first-order valence-electron chi connectivity index (χ1n) is 8.35. The lowest BCUT2D eigenvalue weighted by Gasteiger charge is -2.07. The molecule has 0 aliphatic carbocycles. The molecule has 2 heterocycles. The molecule has 7 heteroatoms. The van der Waals surface area contributed by atoms with Crippen molar-refractivity contribution in [2.24, 2.45) is 5.16 Å². The normalized spacial score (nSPS) is 15.9. The number of thiazole rings is 1. The Morgan fingerprint density at radius 2 is 1.96 bits per heavy atom. The molecule has 27 heavy (non-hydrogen) atoms. The van der Waals surface area contributed by atoms with Crippen molar-refractivity contribution in [3.05, 3.63) is 76.3 Å². The number of hydrogen-bond acceptors (Lipinski definition) is 6. The summed E-state index contributed by atoms with van der Waals surface area (Å²) >= 11 is 7.66. The first kappa shape index (κ1) is 17.7. The Morgan fingerprint density at radius 1 is 1.19 bits per heavy atom. The zero-order valence-electron chi connectivity index (χ0n) is 14.2. The Morgan fingerprint density at radius 3 is 2.78 bits per heavy atom. The highest BCUT2D eigenvalue weighted by Crippen LogP contribution is 2.30. The molecule has 0 bridgehead atoms. The van der Waals surface area contributed by atoms with Crippen LogP contribution >= 0.6 is 22.9 Å². The van der Waals surface area contributed by atoms with E-state index in [0.717, 1.165) is 21.8 Å². The fourth-order valence-corrected chi connectivity index (χ4v) is 3.80. The lowest BCUT2D eigenvalue weighted by atomic mass is 10.1. The van der Waals surface area contributed by atoms with E-state index in [1.54, 1.807) is 0 Å². The van der Waals surface area contributed by atoms with E-state index in [9.17, 15) is 4.79 Å². The Hall–Kier alpha value is -2.70. The van der Waals surface area contributed by atoms with Gasteiger partial charge in [-0.1, -0.05) is 65.3 Å². The summed E-state index contributed by atoms with van der Waals surface area (Å²) in [6, 6.07) is 17.1. The van der Waals surface area contributed by atoms with Gasteiger partial charge in [0.05, 0.1) is 16.4 Å². The Bertz CT molecular complexity index is 988. The molecule has 0 saturated heterocycles. The smallest absolute Gasteiger partial charge is 0.351 e. The molecule has 0 spiro atoms. The molecule has 5 nitrogen and oxygen atoms in total. The predicted octanol–water partition coefficient (Wildman–Crippen LogP) is 4.70. The van der Waals surface area contributed by atoms with Crippen LogP contribution in [0.3, 0.4) is 0 Å². The highest BCUT2D eigenvalue weighted by atomic mass is 35.5. The second kappa shape index (κ2) is 7.90. The maximum Gasteiger partial charge on any atom is 0.351 e. The van der Waals surface area contributed by atoms with Crippen molar-refractivity contribution < 1.29 is 14.4 Å². The van der Waals surface area contributed by atoms with Crippen LogP contribution in [-0.4, -0.2) is 22.8 Å². The summed E-state index contributed by atoms with van der Waals surface area (Å²) in [5.41, 5.74) is 3.22. The maximum absolute atomic E-state index is 12.3. The van der Waals surface area contributed by atoms with Gasteiger partial charge in [-0.25, -0.2) is 9.78 Å². The molecule has 4 rings (SSSR count).